The standard InChI is InChI=1S/C58H87N3O13S2/c1-14-45-58(10,68)51(64)36(6)61(25-19-24-59-46(62)28-38-27-41-39-20-15-17-22-43(39)76-44-23-18-16-21-40(44)50(41)75-38)31-32(2)29-56(8,67)53(74-55-48(63)42(60(11)12)26-33(3)70-55)34(4)49(35(5)54(66)72-45)73-47-30-57(9,69-13)52(65)37(7)71-47/h15-18,20-23,27,32-37,42,45,47-49,51-53,55,63-65,67-68H,14,19,24-26,28-31H2,1-13H3,(H,59,62)/t32-,33-,34+,35-,36-,37-,42+,45-,47-,48-,49+,51-,52+,53-,55+,56-,57-,58-/m1/s1. The molecule has 2 aromatic carbocycles. The number of esters is 1. The van der Waals surface area contributed by atoms with Crippen molar-refractivity contribution in [3.8, 4) is 21.6 Å². The van der Waals surface area contributed by atoms with E-state index in [1.165, 1.54) is 23.8 Å². The minimum absolute atomic E-state index is 0.0991. The second-order valence-electron chi connectivity index (χ2n) is 23.2. The molecule has 424 valence electrons. The smallest absolute Gasteiger partial charge is 0.311 e. The number of cyclic esters (lactones) is 1. The van der Waals surface area contributed by atoms with Crippen molar-refractivity contribution in [2.45, 2.75) is 208 Å². The number of nitrogens with zero attached hydrogens (tertiary/aromatic N) is 2. The van der Waals surface area contributed by atoms with E-state index in [0.29, 0.717) is 32.5 Å². The molecule has 4 aliphatic heterocycles. The van der Waals surface area contributed by atoms with Crippen LogP contribution in [-0.4, -0.2) is 178 Å². The minimum atomic E-state index is -1.93. The molecule has 1 aromatic heterocycles. The zero-order valence-corrected chi connectivity index (χ0v) is 48.6. The van der Waals surface area contributed by atoms with Gasteiger partial charge < -0.3 is 64.2 Å². The summed E-state index contributed by atoms with van der Waals surface area (Å²) in [5.41, 5.74) is -1.23. The van der Waals surface area contributed by atoms with Gasteiger partial charge in [0.05, 0.1) is 48.0 Å². The predicted molar refractivity (Wildman–Crippen MR) is 294 cm³/mol. The van der Waals surface area contributed by atoms with Gasteiger partial charge in [-0.25, -0.2) is 0 Å². The molecular formula is C58H87N3O13S2. The van der Waals surface area contributed by atoms with Gasteiger partial charge in [0.25, 0.3) is 0 Å². The minimum Gasteiger partial charge on any atom is -0.459 e. The van der Waals surface area contributed by atoms with Crippen LogP contribution in [0.5, 0.6) is 0 Å². The number of nitrogens with one attached hydrogen (secondary N) is 1. The van der Waals surface area contributed by atoms with E-state index in [0.717, 1.165) is 26.4 Å². The maximum atomic E-state index is 14.7. The molecular weight excluding hydrogens is 1010 g/mol. The summed E-state index contributed by atoms with van der Waals surface area (Å²) >= 11 is 3.40. The van der Waals surface area contributed by atoms with Crippen LogP contribution in [0.25, 0.3) is 21.6 Å². The second kappa shape index (κ2) is 25.2. The van der Waals surface area contributed by atoms with Crippen LogP contribution in [0.4, 0.5) is 0 Å². The van der Waals surface area contributed by atoms with Crippen molar-refractivity contribution in [1.82, 2.24) is 15.1 Å². The number of carbonyl (C=O) groups is 2. The first-order chi connectivity index (χ1) is 35.8. The number of likely N-dealkylation sites (N-methyl/N-ethyl adjacent to an activating group) is 1. The van der Waals surface area contributed by atoms with Crippen LogP contribution >= 0.6 is 23.1 Å². The van der Waals surface area contributed by atoms with Crippen molar-refractivity contribution in [3.05, 3.63) is 59.5 Å². The molecule has 0 spiro atoms. The topological polar surface area (TPSA) is 209 Å². The van der Waals surface area contributed by atoms with E-state index < -0.39 is 96.0 Å². The number of thiophene rings is 1. The van der Waals surface area contributed by atoms with Crippen LogP contribution in [0.3, 0.4) is 0 Å². The number of hydrogen-bond acceptors (Lipinski definition) is 17. The van der Waals surface area contributed by atoms with Gasteiger partial charge in [0, 0.05) is 81.8 Å². The lowest BCUT2D eigenvalue weighted by atomic mass is 9.77. The fourth-order valence-corrected chi connectivity index (χ4v) is 14.6. The summed E-state index contributed by atoms with van der Waals surface area (Å²) in [5, 5.41) is 63.6. The zero-order valence-electron chi connectivity index (χ0n) is 46.9. The number of fused-ring (bicyclic) bond motifs is 5. The Morgan fingerprint density at radius 2 is 1.55 bits per heavy atom. The molecule has 0 unspecified atom stereocenters. The molecule has 18 heteroatoms. The Balaban J connectivity index is 1.15. The number of ether oxygens (including phenoxy) is 6. The molecule has 0 saturated carbocycles. The quantitative estimate of drug-likeness (QED) is 0.0596. The molecule has 4 aliphatic rings. The molecule has 76 heavy (non-hydrogen) atoms. The van der Waals surface area contributed by atoms with E-state index in [2.05, 4.69) is 52.7 Å². The van der Waals surface area contributed by atoms with Gasteiger partial charge in [-0.1, -0.05) is 68.9 Å². The molecule has 1 amide bonds. The highest BCUT2D eigenvalue weighted by molar-refractivity contribution is 7.99. The van der Waals surface area contributed by atoms with Crippen LogP contribution in [0.1, 0.15) is 106 Å². The molecule has 16 nitrogen and oxygen atoms in total. The predicted octanol–water partition coefficient (Wildman–Crippen LogP) is 6.88. The Labute approximate surface area is 459 Å². The number of aliphatic hydroxyl groups is 5. The van der Waals surface area contributed by atoms with Crippen molar-refractivity contribution in [2.24, 2.45) is 17.8 Å². The summed E-state index contributed by atoms with van der Waals surface area (Å²) in [7, 11) is 5.27. The normalized spacial score (nSPS) is 37.9. The average molecular weight is 1100 g/mol. The third-order valence-corrected chi connectivity index (χ3v) is 18.9. The Hall–Kier alpha value is -3.05. The average Bonchev–Trinajstić information content (AvgIpc) is 3.73. The number of amides is 1. The molecule has 18 atom stereocenters. The van der Waals surface area contributed by atoms with Crippen molar-refractivity contribution in [1.29, 1.82) is 0 Å². The van der Waals surface area contributed by atoms with Crippen molar-refractivity contribution >= 4 is 35.0 Å². The summed E-state index contributed by atoms with van der Waals surface area (Å²) < 4.78 is 38.3. The summed E-state index contributed by atoms with van der Waals surface area (Å²) in [6.07, 6.45) is -8.36. The first-order valence-electron chi connectivity index (χ1n) is 27.3. The molecule has 5 heterocycles. The molecule has 3 aromatic rings. The third kappa shape index (κ3) is 13.4. The van der Waals surface area contributed by atoms with E-state index in [4.69, 9.17) is 28.4 Å². The van der Waals surface area contributed by atoms with Crippen LogP contribution < -0.4 is 5.32 Å². The van der Waals surface area contributed by atoms with Gasteiger partial charge in [0.1, 0.15) is 30.0 Å². The Morgan fingerprint density at radius 3 is 2.21 bits per heavy atom. The summed E-state index contributed by atoms with van der Waals surface area (Å²) in [4.78, 5) is 36.8. The van der Waals surface area contributed by atoms with Crippen LogP contribution in [0.2, 0.25) is 0 Å². The van der Waals surface area contributed by atoms with E-state index >= 15 is 0 Å². The lowest BCUT2D eigenvalue weighted by molar-refractivity contribution is -0.318. The number of rotatable bonds is 13. The summed E-state index contributed by atoms with van der Waals surface area (Å²) in [5.74, 6) is -3.00. The Morgan fingerprint density at radius 1 is 0.895 bits per heavy atom. The van der Waals surface area contributed by atoms with Gasteiger partial charge in [-0.2, -0.15) is 0 Å². The van der Waals surface area contributed by atoms with Crippen molar-refractivity contribution in [2.75, 3.05) is 40.8 Å². The molecule has 6 N–H and O–H groups in total. The van der Waals surface area contributed by atoms with Gasteiger partial charge in [-0.15, -0.1) is 11.3 Å². The maximum absolute atomic E-state index is 14.7. The highest BCUT2D eigenvalue weighted by atomic mass is 32.2. The van der Waals surface area contributed by atoms with Crippen molar-refractivity contribution in [3.63, 3.8) is 0 Å². The fourth-order valence-electron chi connectivity index (χ4n) is 12.2. The number of aliphatic hydroxyl groups excluding tert-OH is 3. The fraction of sp³-hybridized carbons (Fsp3) is 0.690. The lowest BCUT2D eigenvalue weighted by Crippen LogP contribution is -2.60. The van der Waals surface area contributed by atoms with E-state index in [1.54, 1.807) is 57.7 Å². The van der Waals surface area contributed by atoms with Gasteiger partial charge in [-0.05, 0) is 118 Å². The SMILES string of the molecule is CC[C@H]1OC(=O)[C@H](C)[C@@H](O[C@@H]2C[C@@](C)(OC)[C@@H](O)[C@@H](C)O2)[C@H](C)[C@@H](O[C@@H]2O[C@H](C)C[C@H](N(C)C)[C@H]2O)[C@](C)(O)C[C@@H](C)CN(CCCNC(=O)Cc2cc3c(s2)-c2ccccc2Sc2ccccc2-3)[C@H](C)[C@@H](O)[C@]1(C)O. The zero-order chi connectivity index (χ0) is 55.6. The number of benzene rings is 2. The van der Waals surface area contributed by atoms with E-state index in [1.807, 2.05) is 58.8 Å². The monoisotopic (exact) mass is 1100 g/mol. The highest BCUT2D eigenvalue weighted by Gasteiger charge is 2.53. The number of hydrogen-bond donors (Lipinski definition) is 6. The van der Waals surface area contributed by atoms with Crippen LogP contribution in [0.15, 0.2) is 64.4 Å². The number of methoxy groups -OCH3 is 1. The molecule has 7 rings (SSSR count). The summed E-state index contributed by atoms with van der Waals surface area (Å²) in [6.45, 7) is 18.7. The Kier molecular flexibility index (Phi) is 20.1. The first-order valence-corrected chi connectivity index (χ1v) is 29.0. The third-order valence-electron chi connectivity index (χ3n) is 16.6. The van der Waals surface area contributed by atoms with Crippen LogP contribution in [-0.2, 0) is 44.4 Å². The largest absolute Gasteiger partial charge is 0.459 e. The van der Waals surface area contributed by atoms with Gasteiger partial charge >= 0.3 is 5.97 Å². The maximum Gasteiger partial charge on any atom is 0.311 e. The van der Waals surface area contributed by atoms with E-state index in [-0.39, 0.29) is 49.7 Å². The highest BCUT2D eigenvalue weighted by Crippen LogP contribution is 2.51. The van der Waals surface area contributed by atoms with Crippen LogP contribution in [0, 0.1) is 17.8 Å². The van der Waals surface area contributed by atoms with Gasteiger partial charge in [0.2, 0.25) is 5.91 Å². The lowest BCUT2D eigenvalue weighted by Gasteiger charge is -2.48. The molecule has 3 saturated heterocycles. The molecule has 0 radical (unpaired) electrons. The molecule has 0 bridgehead atoms. The van der Waals surface area contributed by atoms with E-state index in [9.17, 15) is 35.1 Å². The second-order valence-corrected chi connectivity index (χ2v) is 25.4. The molecule has 0 aliphatic carbocycles. The van der Waals surface area contributed by atoms with Gasteiger partial charge in [-0.3, -0.25) is 14.5 Å². The van der Waals surface area contributed by atoms with Gasteiger partial charge in [0.15, 0.2) is 12.6 Å². The Bertz CT molecular complexity index is 2360. The summed E-state index contributed by atoms with van der Waals surface area (Å²) in [6, 6.07) is 17.9. The first kappa shape index (κ1) is 60.6. The number of carbonyl (C=O) groups excluding carboxylic acids is 2. The van der Waals surface area contributed by atoms with Crippen molar-refractivity contribution < 1.29 is 63.5 Å². The molecule has 3 fully saturated rings.